The number of hydrogen-bond acceptors (Lipinski definition) is 4. The lowest BCUT2D eigenvalue weighted by atomic mass is 10.2. The molecule has 158 valence electrons. The van der Waals surface area contributed by atoms with Gasteiger partial charge in [0.1, 0.15) is 10.7 Å². The molecule has 1 amide bonds. The molecule has 0 bridgehead atoms. The predicted molar refractivity (Wildman–Crippen MR) is 116 cm³/mol. The van der Waals surface area contributed by atoms with E-state index in [1.165, 1.54) is 22.5 Å². The number of halogens is 2. The summed E-state index contributed by atoms with van der Waals surface area (Å²) in [5, 5.41) is 3.46. The van der Waals surface area contributed by atoms with E-state index < -0.39 is 16.1 Å². The first kappa shape index (κ1) is 21.1. The predicted octanol–water partition coefficient (Wildman–Crippen LogP) is 4.15. The minimum absolute atomic E-state index is 0.0184. The van der Waals surface area contributed by atoms with Crippen LogP contribution >= 0.6 is 23.2 Å². The molecule has 4 rings (SSSR count). The Kier molecular flexibility index (Phi) is 5.76. The van der Waals surface area contributed by atoms with Crippen molar-refractivity contribution < 1.29 is 13.2 Å². The quantitative estimate of drug-likeness (QED) is 0.590. The number of fused-ring (bicyclic) bond motifs is 1. The van der Waals surface area contributed by atoms with Gasteiger partial charge >= 0.3 is 0 Å². The molecule has 1 aliphatic rings. The molecule has 0 saturated carbocycles. The molecule has 0 unspecified atom stereocenters. The Labute approximate surface area is 184 Å². The Morgan fingerprint density at radius 1 is 1.17 bits per heavy atom. The summed E-state index contributed by atoms with van der Waals surface area (Å²) in [6.45, 7) is 2.77. The van der Waals surface area contributed by atoms with Crippen molar-refractivity contribution in [3.05, 3.63) is 57.8 Å². The number of imidazole rings is 1. The molecule has 1 saturated heterocycles. The van der Waals surface area contributed by atoms with Crippen LogP contribution in [-0.2, 0) is 10.0 Å². The maximum atomic E-state index is 12.7. The topological polar surface area (TPSA) is 95.2 Å². The number of carbonyl (C=O) groups is 1. The van der Waals surface area contributed by atoms with Crippen molar-refractivity contribution in [2.75, 3.05) is 13.1 Å². The van der Waals surface area contributed by atoms with Crippen LogP contribution in [0.1, 0.15) is 42.0 Å². The monoisotopic (exact) mass is 466 g/mol. The van der Waals surface area contributed by atoms with E-state index in [1.807, 2.05) is 0 Å². The Morgan fingerprint density at radius 3 is 2.60 bits per heavy atom. The lowest BCUT2D eigenvalue weighted by Gasteiger charge is -2.17. The third-order valence-corrected chi connectivity index (χ3v) is 7.71. The fraction of sp³-hybridized carbons (Fsp3) is 0.300. The summed E-state index contributed by atoms with van der Waals surface area (Å²) in [5.41, 5.74) is 1.79. The number of carbonyl (C=O) groups excluding carboxylic acids is 1. The second-order valence-corrected chi connectivity index (χ2v) is 9.99. The number of amides is 1. The molecule has 3 aromatic rings. The molecule has 0 aliphatic carbocycles. The van der Waals surface area contributed by atoms with Gasteiger partial charge in [0.25, 0.3) is 5.91 Å². The number of nitrogens with one attached hydrogen (secondary N) is 2. The lowest BCUT2D eigenvalue weighted by molar-refractivity contribution is 0.0938. The number of aromatic nitrogens is 2. The van der Waals surface area contributed by atoms with Crippen molar-refractivity contribution in [3.8, 4) is 0 Å². The maximum Gasteiger partial charge on any atom is 0.251 e. The van der Waals surface area contributed by atoms with Crippen molar-refractivity contribution in [1.82, 2.24) is 19.6 Å². The molecule has 2 N–H and O–H groups in total. The Bertz CT molecular complexity index is 1220. The average Bonchev–Trinajstić information content (AvgIpc) is 3.37. The third-order valence-electron chi connectivity index (χ3n) is 5.10. The number of benzene rings is 2. The van der Waals surface area contributed by atoms with Crippen LogP contribution in [0.4, 0.5) is 0 Å². The largest absolute Gasteiger partial charge is 0.342 e. The molecule has 10 heteroatoms. The fourth-order valence-electron chi connectivity index (χ4n) is 3.47. The molecule has 1 aliphatic heterocycles. The highest BCUT2D eigenvalue weighted by Crippen LogP contribution is 2.28. The second kappa shape index (κ2) is 8.19. The van der Waals surface area contributed by atoms with Crippen molar-refractivity contribution in [3.63, 3.8) is 0 Å². The smallest absolute Gasteiger partial charge is 0.251 e. The molecule has 0 radical (unpaired) electrons. The van der Waals surface area contributed by atoms with Gasteiger partial charge in [-0.1, -0.05) is 23.2 Å². The third kappa shape index (κ3) is 4.05. The number of nitrogens with zero attached hydrogens (tertiary/aromatic N) is 2. The maximum absolute atomic E-state index is 12.7. The molecular formula is C20H20Cl2N4O3S. The van der Waals surface area contributed by atoms with Crippen LogP contribution in [0.25, 0.3) is 11.0 Å². The molecule has 2 aromatic carbocycles. The highest BCUT2D eigenvalue weighted by atomic mass is 35.5. The van der Waals surface area contributed by atoms with E-state index in [0.29, 0.717) is 23.9 Å². The SMILES string of the molecule is C[C@H](NC(=O)c1ccc(S(=O)(=O)N2CCCC2)c(Cl)c1)c1nc2ccc(Cl)cc2[nH]1. The van der Waals surface area contributed by atoms with Gasteiger partial charge < -0.3 is 10.3 Å². The van der Waals surface area contributed by atoms with Crippen LogP contribution in [0, 0.1) is 0 Å². The van der Waals surface area contributed by atoms with Gasteiger partial charge in [0.2, 0.25) is 10.0 Å². The van der Waals surface area contributed by atoms with Crippen LogP contribution in [-0.4, -0.2) is 41.7 Å². The minimum atomic E-state index is -3.65. The summed E-state index contributed by atoms with van der Waals surface area (Å²) in [5.74, 6) is 0.202. The van der Waals surface area contributed by atoms with E-state index in [4.69, 9.17) is 23.2 Å². The van der Waals surface area contributed by atoms with E-state index in [2.05, 4.69) is 15.3 Å². The zero-order valence-corrected chi connectivity index (χ0v) is 18.5. The van der Waals surface area contributed by atoms with Crippen LogP contribution in [0.3, 0.4) is 0 Å². The number of H-pyrrole nitrogens is 1. The van der Waals surface area contributed by atoms with Crippen LogP contribution < -0.4 is 5.32 Å². The molecule has 30 heavy (non-hydrogen) atoms. The van der Waals surface area contributed by atoms with Crippen molar-refractivity contribution in [1.29, 1.82) is 0 Å². The standard InChI is InChI=1S/C20H20Cl2N4O3S/c1-12(19-24-16-6-5-14(21)11-17(16)25-19)23-20(27)13-4-7-18(15(22)10-13)30(28,29)26-8-2-3-9-26/h4-7,10-12H,2-3,8-9H2,1H3,(H,23,27)(H,24,25)/t12-/m0/s1. The number of aromatic amines is 1. The van der Waals surface area contributed by atoms with Crippen LogP contribution in [0.5, 0.6) is 0 Å². The average molecular weight is 467 g/mol. The Morgan fingerprint density at radius 2 is 1.90 bits per heavy atom. The van der Waals surface area contributed by atoms with Crippen LogP contribution in [0.15, 0.2) is 41.3 Å². The lowest BCUT2D eigenvalue weighted by Crippen LogP contribution is -2.29. The van der Waals surface area contributed by atoms with Crippen LogP contribution in [0.2, 0.25) is 10.0 Å². The van der Waals surface area contributed by atoms with Gasteiger partial charge in [-0.2, -0.15) is 4.31 Å². The minimum Gasteiger partial charge on any atom is -0.342 e. The van der Waals surface area contributed by atoms with Gasteiger partial charge in [-0.25, -0.2) is 13.4 Å². The van der Waals surface area contributed by atoms with Gasteiger partial charge in [0, 0.05) is 23.7 Å². The first-order chi connectivity index (χ1) is 14.3. The fourth-order valence-corrected chi connectivity index (χ4v) is 5.68. The number of rotatable bonds is 5. The second-order valence-electron chi connectivity index (χ2n) is 7.24. The van der Waals surface area contributed by atoms with E-state index >= 15 is 0 Å². The van der Waals surface area contributed by atoms with E-state index in [1.54, 1.807) is 25.1 Å². The van der Waals surface area contributed by atoms with Crippen molar-refractivity contribution in [2.24, 2.45) is 0 Å². The van der Waals surface area contributed by atoms with Gasteiger partial charge in [0.15, 0.2) is 0 Å². The normalized spacial score (nSPS) is 16.1. The first-order valence-electron chi connectivity index (χ1n) is 9.51. The van der Waals surface area contributed by atoms with Gasteiger partial charge in [0.05, 0.1) is 22.1 Å². The highest BCUT2D eigenvalue weighted by molar-refractivity contribution is 7.89. The van der Waals surface area contributed by atoms with Gasteiger partial charge in [-0.05, 0) is 56.2 Å². The summed E-state index contributed by atoms with van der Waals surface area (Å²) in [7, 11) is -3.65. The molecular weight excluding hydrogens is 447 g/mol. The molecule has 1 fully saturated rings. The summed E-state index contributed by atoms with van der Waals surface area (Å²) < 4.78 is 26.9. The summed E-state index contributed by atoms with van der Waals surface area (Å²) in [6, 6.07) is 9.14. The molecule has 1 aromatic heterocycles. The summed E-state index contributed by atoms with van der Waals surface area (Å²) >= 11 is 12.2. The van der Waals surface area contributed by atoms with E-state index in [0.717, 1.165) is 23.9 Å². The van der Waals surface area contributed by atoms with Gasteiger partial charge in [-0.3, -0.25) is 4.79 Å². The zero-order valence-electron chi connectivity index (χ0n) is 16.2. The summed E-state index contributed by atoms with van der Waals surface area (Å²) in [4.78, 5) is 20.3. The van der Waals surface area contributed by atoms with E-state index in [9.17, 15) is 13.2 Å². The van der Waals surface area contributed by atoms with E-state index in [-0.39, 0.29) is 21.4 Å². The van der Waals surface area contributed by atoms with Crippen molar-refractivity contribution >= 4 is 50.2 Å². The molecule has 2 heterocycles. The first-order valence-corrected chi connectivity index (χ1v) is 11.7. The van der Waals surface area contributed by atoms with Gasteiger partial charge in [-0.15, -0.1) is 0 Å². The summed E-state index contributed by atoms with van der Waals surface area (Å²) in [6.07, 6.45) is 1.67. The Balaban J connectivity index is 1.52. The molecule has 7 nitrogen and oxygen atoms in total. The van der Waals surface area contributed by atoms with Crippen molar-refractivity contribution in [2.45, 2.75) is 30.7 Å². The highest BCUT2D eigenvalue weighted by Gasteiger charge is 2.29. The molecule has 1 atom stereocenters. The molecule has 0 spiro atoms. The zero-order chi connectivity index (χ0) is 21.5. The Hall–Kier alpha value is -2.13. The number of sulfonamides is 1. The number of hydrogen-bond donors (Lipinski definition) is 2.